The van der Waals surface area contributed by atoms with Crippen molar-refractivity contribution in [3.63, 3.8) is 0 Å². The van der Waals surface area contributed by atoms with Crippen molar-refractivity contribution in [3.8, 4) is 0 Å². The van der Waals surface area contributed by atoms with Crippen LogP contribution in [0.3, 0.4) is 0 Å². The van der Waals surface area contributed by atoms with Crippen LogP contribution in [0, 0.1) is 5.92 Å². The standard InChI is InChI=1S/C14H18ClF3N2/c15-11-5-1-2-6-12(11)20-13(9-19)7-3-4-10(8-13)14(16,17)18/h1-2,5-6,10,20H,3-4,7-9,19H2. The van der Waals surface area contributed by atoms with E-state index in [2.05, 4.69) is 5.32 Å². The van der Waals surface area contributed by atoms with Gasteiger partial charge in [0.15, 0.2) is 0 Å². The van der Waals surface area contributed by atoms with Crippen LogP contribution in [0.4, 0.5) is 18.9 Å². The molecule has 2 unspecified atom stereocenters. The van der Waals surface area contributed by atoms with Gasteiger partial charge in [0.2, 0.25) is 0 Å². The minimum atomic E-state index is -4.16. The van der Waals surface area contributed by atoms with E-state index in [1.807, 2.05) is 0 Å². The average Bonchev–Trinajstić information content (AvgIpc) is 2.41. The summed E-state index contributed by atoms with van der Waals surface area (Å²) in [5, 5.41) is 3.65. The molecular weight excluding hydrogens is 289 g/mol. The summed E-state index contributed by atoms with van der Waals surface area (Å²) < 4.78 is 38.8. The second-order valence-electron chi connectivity index (χ2n) is 5.42. The number of alkyl halides is 3. The smallest absolute Gasteiger partial charge is 0.377 e. The minimum Gasteiger partial charge on any atom is -0.377 e. The number of benzene rings is 1. The zero-order valence-electron chi connectivity index (χ0n) is 11.0. The first-order valence-electron chi connectivity index (χ1n) is 6.66. The highest BCUT2D eigenvalue weighted by Gasteiger charge is 2.47. The summed E-state index contributed by atoms with van der Waals surface area (Å²) in [4.78, 5) is 0. The molecule has 0 amide bonds. The van der Waals surface area contributed by atoms with Gasteiger partial charge in [-0.3, -0.25) is 0 Å². The van der Waals surface area contributed by atoms with Gasteiger partial charge in [0.05, 0.1) is 22.2 Å². The maximum Gasteiger partial charge on any atom is 0.391 e. The van der Waals surface area contributed by atoms with Crippen LogP contribution < -0.4 is 11.1 Å². The number of anilines is 1. The Kier molecular flexibility index (Phi) is 4.49. The van der Waals surface area contributed by atoms with E-state index >= 15 is 0 Å². The van der Waals surface area contributed by atoms with Crippen LogP contribution in [0.15, 0.2) is 24.3 Å². The predicted octanol–water partition coefficient (Wildman–Crippen LogP) is 4.20. The SMILES string of the molecule is NCC1(Nc2ccccc2Cl)CCCC(C(F)(F)F)C1. The maximum absolute atomic E-state index is 12.9. The van der Waals surface area contributed by atoms with Crippen molar-refractivity contribution in [3.05, 3.63) is 29.3 Å². The topological polar surface area (TPSA) is 38.0 Å². The van der Waals surface area contributed by atoms with Crippen molar-refractivity contribution < 1.29 is 13.2 Å². The van der Waals surface area contributed by atoms with E-state index < -0.39 is 17.6 Å². The number of nitrogens with two attached hydrogens (primary N) is 1. The highest BCUT2D eigenvalue weighted by atomic mass is 35.5. The molecule has 1 aliphatic rings. The lowest BCUT2D eigenvalue weighted by atomic mass is 9.75. The number of halogens is 4. The summed E-state index contributed by atoms with van der Waals surface area (Å²) in [5.41, 5.74) is 5.68. The normalized spacial score (nSPS) is 27.4. The van der Waals surface area contributed by atoms with Gasteiger partial charge in [0.1, 0.15) is 0 Å². The molecule has 1 fully saturated rings. The molecule has 112 valence electrons. The van der Waals surface area contributed by atoms with E-state index in [1.54, 1.807) is 24.3 Å². The van der Waals surface area contributed by atoms with Crippen LogP contribution in [-0.4, -0.2) is 18.3 Å². The fourth-order valence-corrected chi connectivity index (χ4v) is 3.02. The lowest BCUT2D eigenvalue weighted by molar-refractivity contribution is -0.185. The van der Waals surface area contributed by atoms with Gasteiger partial charge in [0.25, 0.3) is 0 Å². The van der Waals surface area contributed by atoms with Gasteiger partial charge in [0, 0.05) is 6.54 Å². The number of hydrogen-bond acceptors (Lipinski definition) is 2. The molecule has 2 atom stereocenters. The second-order valence-corrected chi connectivity index (χ2v) is 5.83. The highest BCUT2D eigenvalue weighted by Crippen LogP contribution is 2.43. The molecule has 0 saturated heterocycles. The van der Waals surface area contributed by atoms with Crippen LogP contribution in [0.25, 0.3) is 0 Å². The Morgan fingerprint density at radius 3 is 2.65 bits per heavy atom. The fraction of sp³-hybridized carbons (Fsp3) is 0.571. The maximum atomic E-state index is 12.9. The first-order chi connectivity index (χ1) is 9.36. The molecule has 0 spiro atoms. The molecule has 0 aromatic heterocycles. The Morgan fingerprint density at radius 1 is 1.35 bits per heavy atom. The van der Waals surface area contributed by atoms with E-state index in [9.17, 15) is 13.2 Å². The molecule has 20 heavy (non-hydrogen) atoms. The van der Waals surface area contributed by atoms with E-state index in [-0.39, 0.29) is 19.4 Å². The van der Waals surface area contributed by atoms with Crippen molar-refractivity contribution in [1.82, 2.24) is 0 Å². The summed E-state index contributed by atoms with van der Waals surface area (Å²) >= 11 is 6.06. The lowest BCUT2D eigenvalue weighted by Gasteiger charge is -2.42. The van der Waals surface area contributed by atoms with Gasteiger partial charge in [-0.15, -0.1) is 0 Å². The molecule has 0 bridgehead atoms. The van der Waals surface area contributed by atoms with E-state index in [0.29, 0.717) is 23.6 Å². The van der Waals surface area contributed by atoms with Gasteiger partial charge in [-0.25, -0.2) is 0 Å². The predicted molar refractivity (Wildman–Crippen MR) is 74.9 cm³/mol. The molecule has 0 aliphatic heterocycles. The quantitative estimate of drug-likeness (QED) is 0.878. The number of nitrogens with one attached hydrogen (secondary N) is 1. The van der Waals surface area contributed by atoms with Crippen molar-refractivity contribution in [2.45, 2.75) is 37.4 Å². The molecule has 1 aromatic rings. The van der Waals surface area contributed by atoms with Gasteiger partial charge >= 0.3 is 6.18 Å². The van der Waals surface area contributed by atoms with Crippen LogP contribution in [0.1, 0.15) is 25.7 Å². The summed E-state index contributed by atoms with van der Waals surface area (Å²) in [5.74, 6) is -1.30. The molecule has 6 heteroatoms. The van der Waals surface area contributed by atoms with Crippen molar-refractivity contribution >= 4 is 17.3 Å². The molecule has 0 radical (unpaired) electrons. The molecular formula is C14H18ClF3N2. The van der Waals surface area contributed by atoms with E-state index in [1.165, 1.54) is 0 Å². The summed E-state index contributed by atoms with van der Waals surface area (Å²) in [6.45, 7) is 0.158. The zero-order valence-corrected chi connectivity index (χ0v) is 11.8. The summed E-state index contributed by atoms with van der Waals surface area (Å²) in [6.07, 6.45) is -2.85. The average molecular weight is 307 g/mol. The molecule has 1 aliphatic carbocycles. The Hall–Kier alpha value is -0.940. The highest BCUT2D eigenvalue weighted by molar-refractivity contribution is 6.33. The van der Waals surface area contributed by atoms with Crippen molar-refractivity contribution in [2.24, 2.45) is 11.7 Å². The van der Waals surface area contributed by atoms with Gasteiger partial charge in [-0.2, -0.15) is 13.2 Å². The Labute approximate surface area is 121 Å². The molecule has 0 heterocycles. The first kappa shape index (κ1) is 15.4. The van der Waals surface area contributed by atoms with Crippen LogP contribution >= 0.6 is 11.6 Å². The third-order valence-electron chi connectivity index (χ3n) is 3.97. The second kappa shape index (κ2) is 5.82. The monoisotopic (exact) mass is 306 g/mol. The van der Waals surface area contributed by atoms with Crippen LogP contribution in [-0.2, 0) is 0 Å². The zero-order chi connectivity index (χ0) is 14.8. The van der Waals surface area contributed by atoms with Crippen LogP contribution in [0.5, 0.6) is 0 Å². The molecule has 1 aromatic carbocycles. The van der Waals surface area contributed by atoms with E-state index in [0.717, 1.165) is 0 Å². The Balaban J connectivity index is 2.19. The summed E-state index contributed by atoms with van der Waals surface area (Å²) in [6, 6.07) is 7.04. The number of rotatable bonds is 3. The van der Waals surface area contributed by atoms with Gasteiger partial charge in [-0.1, -0.05) is 30.2 Å². The first-order valence-corrected chi connectivity index (χ1v) is 7.04. The third-order valence-corrected chi connectivity index (χ3v) is 4.30. The van der Waals surface area contributed by atoms with Crippen LogP contribution in [0.2, 0.25) is 5.02 Å². The lowest BCUT2D eigenvalue weighted by Crippen LogP contribution is -2.51. The van der Waals surface area contributed by atoms with Gasteiger partial charge in [-0.05, 0) is 31.4 Å². The number of hydrogen-bond donors (Lipinski definition) is 2. The molecule has 3 N–H and O–H groups in total. The Bertz CT molecular complexity index is 464. The largest absolute Gasteiger partial charge is 0.391 e. The molecule has 1 saturated carbocycles. The Morgan fingerprint density at radius 2 is 2.05 bits per heavy atom. The minimum absolute atomic E-state index is 0.00176. The fourth-order valence-electron chi connectivity index (χ4n) is 2.84. The van der Waals surface area contributed by atoms with Gasteiger partial charge < -0.3 is 11.1 Å². The molecule has 2 rings (SSSR count). The van der Waals surface area contributed by atoms with E-state index in [4.69, 9.17) is 17.3 Å². The summed E-state index contributed by atoms with van der Waals surface area (Å²) in [7, 11) is 0. The van der Waals surface area contributed by atoms with Crippen molar-refractivity contribution in [1.29, 1.82) is 0 Å². The molecule has 2 nitrogen and oxygen atoms in total. The van der Waals surface area contributed by atoms with Crippen molar-refractivity contribution in [2.75, 3.05) is 11.9 Å². The third kappa shape index (κ3) is 3.38. The number of para-hydroxylation sites is 1.